The molecule has 0 saturated heterocycles. The SMILES string of the molecule is CCC(C)N(C)S(=O)(=O)c1ccc(F)c(CN)c1F. The van der Waals surface area contributed by atoms with Crippen LogP contribution in [0.25, 0.3) is 0 Å². The highest BCUT2D eigenvalue weighted by molar-refractivity contribution is 7.89. The summed E-state index contributed by atoms with van der Waals surface area (Å²) in [5.41, 5.74) is 4.82. The summed E-state index contributed by atoms with van der Waals surface area (Å²) < 4.78 is 52.9. The molecule has 0 aliphatic carbocycles. The Labute approximate surface area is 112 Å². The van der Waals surface area contributed by atoms with E-state index in [0.29, 0.717) is 6.42 Å². The Morgan fingerprint density at radius 3 is 2.42 bits per heavy atom. The number of hydrogen-bond acceptors (Lipinski definition) is 3. The molecule has 0 heterocycles. The molecule has 1 aromatic rings. The molecule has 7 heteroatoms. The first-order valence-corrected chi connectivity index (χ1v) is 7.36. The zero-order valence-corrected chi connectivity index (χ0v) is 12.0. The Bertz CT molecular complexity index is 561. The van der Waals surface area contributed by atoms with E-state index in [4.69, 9.17) is 5.73 Å². The second-order valence-electron chi connectivity index (χ2n) is 4.32. The predicted octanol–water partition coefficient (Wildman–Crippen LogP) is 1.84. The number of halogens is 2. The van der Waals surface area contributed by atoms with E-state index in [1.165, 1.54) is 7.05 Å². The molecule has 4 nitrogen and oxygen atoms in total. The van der Waals surface area contributed by atoms with Gasteiger partial charge in [-0.1, -0.05) is 6.92 Å². The molecule has 2 N–H and O–H groups in total. The first-order chi connectivity index (χ1) is 8.77. The monoisotopic (exact) mass is 292 g/mol. The van der Waals surface area contributed by atoms with Crippen molar-refractivity contribution in [1.82, 2.24) is 4.31 Å². The molecule has 1 aromatic carbocycles. The van der Waals surface area contributed by atoms with Crippen LogP contribution < -0.4 is 5.73 Å². The van der Waals surface area contributed by atoms with Gasteiger partial charge in [-0.3, -0.25) is 0 Å². The van der Waals surface area contributed by atoms with Crippen LogP contribution in [0.15, 0.2) is 17.0 Å². The minimum absolute atomic E-state index is 0.282. The minimum atomic E-state index is -3.99. The fourth-order valence-electron chi connectivity index (χ4n) is 1.61. The standard InChI is InChI=1S/C12H18F2N2O2S/c1-4-8(2)16(3)19(17,18)11-6-5-10(13)9(7-15)12(11)14/h5-6,8H,4,7,15H2,1-3H3. The fraction of sp³-hybridized carbons (Fsp3) is 0.500. The Morgan fingerprint density at radius 2 is 1.95 bits per heavy atom. The Balaban J connectivity index is 3.38. The summed E-state index contributed by atoms with van der Waals surface area (Å²) in [7, 11) is -2.62. The van der Waals surface area contributed by atoms with Gasteiger partial charge in [0.25, 0.3) is 0 Å². The summed E-state index contributed by atoms with van der Waals surface area (Å²) >= 11 is 0. The van der Waals surface area contributed by atoms with E-state index in [1.807, 2.05) is 6.92 Å². The first kappa shape index (κ1) is 16.0. The molecule has 1 atom stereocenters. The van der Waals surface area contributed by atoms with E-state index in [9.17, 15) is 17.2 Å². The van der Waals surface area contributed by atoms with Crippen molar-refractivity contribution >= 4 is 10.0 Å². The maximum atomic E-state index is 14.0. The van der Waals surface area contributed by atoms with Crippen LogP contribution in [0.3, 0.4) is 0 Å². The lowest BCUT2D eigenvalue weighted by Gasteiger charge is -2.23. The zero-order chi connectivity index (χ0) is 14.8. The average Bonchev–Trinajstić information content (AvgIpc) is 2.37. The Morgan fingerprint density at radius 1 is 1.37 bits per heavy atom. The molecule has 0 spiro atoms. The maximum Gasteiger partial charge on any atom is 0.245 e. The van der Waals surface area contributed by atoms with Gasteiger partial charge in [0.15, 0.2) is 5.82 Å². The maximum absolute atomic E-state index is 14.0. The topological polar surface area (TPSA) is 63.4 Å². The van der Waals surface area contributed by atoms with Crippen LogP contribution in [0.5, 0.6) is 0 Å². The van der Waals surface area contributed by atoms with Crippen molar-refractivity contribution in [1.29, 1.82) is 0 Å². The number of nitrogens with two attached hydrogens (primary N) is 1. The first-order valence-electron chi connectivity index (χ1n) is 5.92. The minimum Gasteiger partial charge on any atom is -0.326 e. The summed E-state index contributed by atoms with van der Waals surface area (Å²) in [6.07, 6.45) is 0.586. The summed E-state index contributed by atoms with van der Waals surface area (Å²) in [5.74, 6) is -1.96. The Hall–Kier alpha value is -1.05. The smallest absolute Gasteiger partial charge is 0.245 e. The third-order valence-corrected chi connectivity index (χ3v) is 5.21. The quantitative estimate of drug-likeness (QED) is 0.900. The van der Waals surface area contributed by atoms with Gasteiger partial charge in [-0.05, 0) is 25.5 Å². The van der Waals surface area contributed by atoms with Crippen LogP contribution in [0.4, 0.5) is 8.78 Å². The van der Waals surface area contributed by atoms with Crippen LogP contribution in [0, 0.1) is 11.6 Å². The van der Waals surface area contributed by atoms with Crippen molar-refractivity contribution in [2.24, 2.45) is 5.73 Å². The third kappa shape index (κ3) is 2.93. The lowest BCUT2D eigenvalue weighted by atomic mass is 10.2. The normalized spacial score (nSPS) is 13.8. The molecule has 1 rings (SSSR count). The third-order valence-electron chi connectivity index (χ3n) is 3.22. The van der Waals surface area contributed by atoms with Crippen LogP contribution >= 0.6 is 0 Å². The molecule has 0 amide bonds. The Kier molecular flexibility index (Phi) is 5.00. The van der Waals surface area contributed by atoms with Crippen molar-refractivity contribution < 1.29 is 17.2 Å². The van der Waals surface area contributed by atoms with Gasteiger partial charge in [0.05, 0.1) is 0 Å². The van der Waals surface area contributed by atoms with Crippen LogP contribution in [0.2, 0.25) is 0 Å². The van der Waals surface area contributed by atoms with E-state index in [2.05, 4.69) is 0 Å². The molecular formula is C12H18F2N2O2S. The predicted molar refractivity (Wildman–Crippen MR) is 69.0 cm³/mol. The van der Waals surface area contributed by atoms with Crippen molar-refractivity contribution in [3.05, 3.63) is 29.3 Å². The van der Waals surface area contributed by atoms with E-state index in [0.717, 1.165) is 16.4 Å². The average molecular weight is 292 g/mol. The highest BCUT2D eigenvalue weighted by atomic mass is 32.2. The van der Waals surface area contributed by atoms with Crippen molar-refractivity contribution in [3.63, 3.8) is 0 Å². The highest BCUT2D eigenvalue weighted by Gasteiger charge is 2.29. The van der Waals surface area contributed by atoms with E-state index in [1.54, 1.807) is 6.92 Å². The van der Waals surface area contributed by atoms with Gasteiger partial charge >= 0.3 is 0 Å². The zero-order valence-electron chi connectivity index (χ0n) is 11.2. The number of benzene rings is 1. The lowest BCUT2D eigenvalue weighted by Crippen LogP contribution is -2.35. The summed E-state index contributed by atoms with van der Waals surface area (Å²) in [6, 6.07) is 1.57. The van der Waals surface area contributed by atoms with Gasteiger partial charge in [0.1, 0.15) is 10.7 Å². The molecule has 0 aromatic heterocycles. The number of nitrogens with zero attached hydrogens (tertiary/aromatic N) is 1. The molecule has 0 bridgehead atoms. The van der Waals surface area contributed by atoms with Crippen LogP contribution in [-0.4, -0.2) is 25.8 Å². The highest BCUT2D eigenvalue weighted by Crippen LogP contribution is 2.24. The van der Waals surface area contributed by atoms with Crippen LogP contribution in [-0.2, 0) is 16.6 Å². The summed E-state index contributed by atoms with van der Waals surface area (Å²) in [5, 5.41) is 0. The molecule has 1 unspecified atom stereocenters. The second-order valence-corrected chi connectivity index (χ2v) is 6.29. The number of sulfonamides is 1. The molecule has 108 valence electrons. The van der Waals surface area contributed by atoms with Gasteiger partial charge in [-0.2, -0.15) is 4.31 Å². The number of hydrogen-bond donors (Lipinski definition) is 1. The fourth-order valence-corrected chi connectivity index (χ4v) is 3.13. The van der Waals surface area contributed by atoms with E-state index in [-0.39, 0.29) is 6.04 Å². The summed E-state index contributed by atoms with van der Waals surface area (Å²) in [6.45, 7) is 3.14. The van der Waals surface area contributed by atoms with Gasteiger partial charge in [-0.25, -0.2) is 17.2 Å². The largest absolute Gasteiger partial charge is 0.326 e. The van der Waals surface area contributed by atoms with Crippen molar-refractivity contribution in [3.8, 4) is 0 Å². The molecule has 0 radical (unpaired) electrons. The van der Waals surface area contributed by atoms with Gasteiger partial charge in [0.2, 0.25) is 10.0 Å². The molecule has 0 saturated carbocycles. The molecule has 0 aliphatic rings. The van der Waals surface area contributed by atoms with E-state index >= 15 is 0 Å². The van der Waals surface area contributed by atoms with Crippen molar-refractivity contribution in [2.45, 2.75) is 37.8 Å². The van der Waals surface area contributed by atoms with Gasteiger partial charge in [-0.15, -0.1) is 0 Å². The van der Waals surface area contributed by atoms with E-state index < -0.39 is 38.7 Å². The van der Waals surface area contributed by atoms with Gasteiger partial charge < -0.3 is 5.73 Å². The second kappa shape index (κ2) is 5.94. The van der Waals surface area contributed by atoms with Crippen LogP contribution in [0.1, 0.15) is 25.8 Å². The molecule has 19 heavy (non-hydrogen) atoms. The lowest BCUT2D eigenvalue weighted by molar-refractivity contribution is 0.377. The number of rotatable bonds is 5. The van der Waals surface area contributed by atoms with Crippen molar-refractivity contribution in [2.75, 3.05) is 7.05 Å². The molecule has 0 aliphatic heterocycles. The van der Waals surface area contributed by atoms with Gasteiger partial charge in [0, 0.05) is 25.2 Å². The summed E-state index contributed by atoms with van der Waals surface area (Å²) in [4.78, 5) is -0.544. The molecular weight excluding hydrogens is 274 g/mol. The molecule has 0 fully saturated rings.